The van der Waals surface area contributed by atoms with Crippen LogP contribution in [0.3, 0.4) is 0 Å². The Kier molecular flexibility index (Phi) is 7.91. The highest BCUT2D eigenvalue weighted by Gasteiger charge is 2.39. The van der Waals surface area contributed by atoms with Gasteiger partial charge in [-0.3, -0.25) is 9.69 Å². The first-order valence-corrected chi connectivity index (χ1v) is 11.9. The maximum atomic E-state index is 11.5. The van der Waals surface area contributed by atoms with Gasteiger partial charge in [0.25, 0.3) is 0 Å². The number of carbonyl (C=O) groups excluding carboxylic acids is 1. The fourth-order valence-corrected chi connectivity index (χ4v) is 5.29. The number of piperazine rings is 1. The lowest BCUT2D eigenvalue weighted by Gasteiger charge is -2.47. The van der Waals surface area contributed by atoms with Gasteiger partial charge in [-0.05, 0) is 62.1 Å². The molecule has 0 spiro atoms. The molecule has 32 heavy (non-hydrogen) atoms. The first-order valence-electron chi connectivity index (χ1n) is 11.9. The molecule has 1 atom stereocenters. The molecule has 0 saturated carbocycles. The fraction of sp³-hybridized carbons (Fsp3) is 0.464. The Morgan fingerprint density at radius 1 is 1.06 bits per heavy atom. The van der Waals surface area contributed by atoms with Crippen LogP contribution in [0.2, 0.25) is 0 Å². The molecule has 1 N–H and O–H groups in total. The molecule has 4 heteroatoms. The molecule has 1 amide bonds. The molecule has 1 aliphatic heterocycles. The maximum Gasteiger partial charge on any atom is 0.211 e. The highest BCUT2D eigenvalue weighted by Crippen LogP contribution is 2.42. The van der Waals surface area contributed by atoms with Crippen LogP contribution in [0.25, 0.3) is 5.57 Å². The van der Waals surface area contributed by atoms with Gasteiger partial charge in [-0.25, -0.2) is 0 Å². The Bertz CT molecular complexity index is 938. The number of anilines is 1. The van der Waals surface area contributed by atoms with Crippen LogP contribution in [0.4, 0.5) is 5.69 Å². The second-order valence-corrected chi connectivity index (χ2v) is 9.45. The van der Waals surface area contributed by atoms with Crippen LogP contribution in [0.15, 0.2) is 54.1 Å². The van der Waals surface area contributed by atoms with E-state index in [4.69, 9.17) is 0 Å². The summed E-state index contributed by atoms with van der Waals surface area (Å²) in [5.74, 6) is 0.425. The van der Waals surface area contributed by atoms with Crippen LogP contribution < -0.4 is 5.32 Å². The predicted octanol–water partition coefficient (Wildman–Crippen LogP) is 5.61. The molecule has 0 aromatic heterocycles. The third-order valence-electron chi connectivity index (χ3n) is 6.97. The SMILES string of the molecule is CCN1CCN(C(C)(c2ccccc2)c2cc(C(=C(C)C)C(C)C)ccc2NC=O)CC1. The number of hydrogen-bond acceptors (Lipinski definition) is 3. The highest BCUT2D eigenvalue weighted by atomic mass is 16.1. The molecule has 1 saturated heterocycles. The van der Waals surface area contributed by atoms with Gasteiger partial charge in [-0.15, -0.1) is 0 Å². The normalized spacial score (nSPS) is 17.1. The van der Waals surface area contributed by atoms with Crippen molar-refractivity contribution in [2.75, 3.05) is 38.0 Å². The second-order valence-electron chi connectivity index (χ2n) is 9.45. The lowest BCUT2D eigenvalue weighted by atomic mass is 9.79. The van der Waals surface area contributed by atoms with E-state index in [0.717, 1.165) is 50.4 Å². The highest BCUT2D eigenvalue weighted by molar-refractivity contribution is 5.78. The average molecular weight is 434 g/mol. The van der Waals surface area contributed by atoms with Crippen LogP contribution in [0, 0.1) is 5.92 Å². The van der Waals surface area contributed by atoms with Crippen LogP contribution in [0.1, 0.15) is 58.2 Å². The van der Waals surface area contributed by atoms with Gasteiger partial charge >= 0.3 is 0 Å². The number of nitrogens with zero attached hydrogens (tertiary/aromatic N) is 2. The monoisotopic (exact) mass is 433 g/mol. The zero-order chi connectivity index (χ0) is 23.3. The smallest absolute Gasteiger partial charge is 0.211 e. The zero-order valence-electron chi connectivity index (χ0n) is 20.6. The minimum Gasteiger partial charge on any atom is -0.328 e. The molecule has 0 bridgehead atoms. The fourth-order valence-electron chi connectivity index (χ4n) is 5.29. The maximum absolute atomic E-state index is 11.5. The lowest BCUT2D eigenvalue weighted by molar-refractivity contribution is -0.105. The van der Waals surface area contributed by atoms with Gasteiger partial charge in [-0.1, -0.05) is 62.7 Å². The summed E-state index contributed by atoms with van der Waals surface area (Å²) >= 11 is 0. The number of allylic oxidation sites excluding steroid dienone is 2. The van der Waals surface area contributed by atoms with Crippen LogP contribution >= 0.6 is 0 Å². The average Bonchev–Trinajstić information content (AvgIpc) is 2.80. The summed E-state index contributed by atoms with van der Waals surface area (Å²) in [6.07, 6.45) is 0.795. The van der Waals surface area contributed by atoms with Crippen LogP contribution in [-0.4, -0.2) is 48.9 Å². The van der Waals surface area contributed by atoms with Crippen molar-refractivity contribution in [2.24, 2.45) is 5.92 Å². The van der Waals surface area contributed by atoms with Gasteiger partial charge in [0, 0.05) is 37.4 Å². The number of rotatable bonds is 8. The summed E-state index contributed by atoms with van der Waals surface area (Å²) in [5.41, 5.74) is 6.87. The summed E-state index contributed by atoms with van der Waals surface area (Å²) < 4.78 is 0. The quantitative estimate of drug-likeness (QED) is 0.550. The third-order valence-corrected chi connectivity index (χ3v) is 6.97. The molecule has 172 valence electrons. The summed E-state index contributed by atoms with van der Waals surface area (Å²) in [5, 5.41) is 3.00. The Morgan fingerprint density at radius 3 is 2.25 bits per heavy atom. The lowest BCUT2D eigenvalue weighted by Crippen LogP contribution is -2.54. The van der Waals surface area contributed by atoms with E-state index in [1.807, 2.05) is 0 Å². The van der Waals surface area contributed by atoms with Gasteiger partial charge in [-0.2, -0.15) is 0 Å². The molecule has 4 nitrogen and oxygen atoms in total. The minimum absolute atomic E-state index is 0.355. The van der Waals surface area contributed by atoms with Crippen molar-refractivity contribution in [3.05, 3.63) is 70.8 Å². The predicted molar refractivity (Wildman–Crippen MR) is 136 cm³/mol. The number of hydrogen-bond donors (Lipinski definition) is 1. The molecule has 1 aliphatic rings. The summed E-state index contributed by atoms with van der Waals surface area (Å²) in [4.78, 5) is 16.6. The molecule has 3 rings (SSSR count). The van der Waals surface area contributed by atoms with E-state index in [0.29, 0.717) is 5.92 Å². The van der Waals surface area contributed by atoms with Crippen molar-refractivity contribution < 1.29 is 4.79 Å². The summed E-state index contributed by atoms with van der Waals surface area (Å²) in [7, 11) is 0. The van der Waals surface area contributed by atoms with Crippen molar-refractivity contribution >= 4 is 17.7 Å². The molecule has 0 radical (unpaired) electrons. The van der Waals surface area contributed by atoms with Crippen LogP contribution in [-0.2, 0) is 10.3 Å². The Hall–Kier alpha value is -2.43. The van der Waals surface area contributed by atoms with E-state index >= 15 is 0 Å². The molecule has 1 fully saturated rings. The summed E-state index contributed by atoms with van der Waals surface area (Å²) in [6.45, 7) is 18.6. The molecule has 2 aromatic carbocycles. The van der Waals surface area contributed by atoms with E-state index in [2.05, 4.69) is 105 Å². The van der Waals surface area contributed by atoms with Crippen molar-refractivity contribution in [3.8, 4) is 0 Å². The number of carbonyl (C=O) groups is 1. The molecule has 2 aromatic rings. The van der Waals surface area contributed by atoms with Crippen molar-refractivity contribution in [3.63, 3.8) is 0 Å². The standard InChI is InChI=1S/C28H39N3O/c1-7-30-15-17-31(18-16-30)28(6,24-11-9-8-10-12-24)25-19-23(13-14-26(25)29-20-32)27(21(2)3)22(4)5/h8-14,19-21H,7,15-18H2,1-6H3,(H,29,32). The van der Waals surface area contributed by atoms with E-state index in [1.165, 1.54) is 22.3 Å². The molecular weight excluding hydrogens is 394 g/mol. The van der Waals surface area contributed by atoms with Crippen LogP contribution in [0.5, 0.6) is 0 Å². The second kappa shape index (κ2) is 10.5. The zero-order valence-corrected chi connectivity index (χ0v) is 20.6. The molecule has 0 aliphatic carbocycles. The molecule has 1 heterocycles. The van der Waals surface area contributed by atoms with Crippen molar-refractivity contribution in [1.82, 2.24) is 9.80 Å². The van der Waals surface area contributed by atoms with E-state index in [9.17, 15) is 4.79 Å². The largest absolute Gasteiger partial charge is 0.328 e. The summed E-state index contributed by atoms with van der Waals surface area (Å²) in [6, 6.07) is 17.3. The van der Waals surface area contributed by atoms with Gasteiger partial charge in [0.1, 0.15) is 0 Å². The van der Waals surface area contributed by atoms with Crippen molar-refractivity contribution in [2.45, 2.75) is 47.1 Å². The minimum atomic E-state index is -0.355. The van der Waals surface area contributed by atoms with E-state index in [-0.39, 0.29) is 5.54 Å². The van der Waals surface area contributed by atoms with Gasteiger partial charge in [0.05, 0.1) is 5.54 Å². The van der Waals surface area contributed by atoms with E-state index in [1.54, 1.807) is 0 Å². The van der Waals surface area contributed by atoms with Gasteiger partial charge in [0.2, 0.25) is 6.41 Å². The number of nitrogens with one attached hydrogen (secondary N) is 1. The van der Waals surface area contributed by atoms with Gasteiger partial charge < -0.3 is 10.2 Å². The Morgan fingerprint density at radius 2 is 1.72 bits per heavy atom. The van der Waals surface area contributed by atoms with Gasteiger partial charge in [0.15, 0.2) is 0 Å². The number of benzene rings is 2. The first kappa shape index (κ1) is 24.2. The first-order chi connectivity index (χ1) is 15.3. The van der Waals surface area contributed by atoms with Crippen molar-refractivity contribution in [1.29, 1.82) is 0 Å². The number of amides is 1. The number of likely N-dealkylation sites (N-methyl/N-ethyl adjacent to an activating group) is 1. The molecule has 1 unspecified atom stereocenters. The Balaban J connectivity index is 2.22. The molecular formula is C28H39N3O. The Labute approximate surface area is 194 Å². The van der Waals surface area contributed by atoms with E-state index < -0.39 is 0 Å². The third kappa shape index (κ3) is 4.82. The topological polar surface area (TPSA) is 35.6 Å².